The van der Waals surface area contributed by atoms with E-state index < -0.39 is 0 Å². The minimum atomic E-state index is 0.869. The molecule has 0 radical (unpaired) electrons. The molecule has 352 valence electrons. The summed E-state index contributed by atoms with van der Waals surface area (Å²) in [6.45, 7) is 2.63. The maximum atomic E-state index is 2.56. The van der Waals surface area contributed by atoms with Gasteiger partial charge in [0, 0.05) is 57.4 Å². The van der Waals surface area contributed by atoms with E-state index in [1.807, 2.05) is 0 Å². The summed E-state index contributed by atoms with van der Waals surface area (Å²) in [5.41, 5.74) is 22.6. The van der Waals surface area contributed by atoms with Crippen molar-refractivity contribution in [2.75, 3.05) is 16.5 Å². The third-order valence-electron chi connectivity index (χ3n) is 16.4. The normalized spacial score (nSPS) is 13.1. The molecule has 0 aliphatic carbocycles. The van der Waals surface area contributed by atoms with Gasteiger partial charge in [-0.2, -0.15) is 0 Å². The van der Waals surface area contributed by atoms with Gasteiger partial charge in [0.15, 0.2) is 0 Å². The first-order valence-corrected chi connectivity index (χ1v) is 26.2. The highest BCUT2D eigenvalue weighted by Gasteiger charge is 2.30. The smallest absolute Gasteiger partial charge is 0.0910 e. The minimum Gasteiger partial charge on any atom is -0.349 e. The third-order valence-corrected chi connectivity index (χ3v) is 16.4. The molecule has 4 nitrogen and oxygen atoms in total. The standard InChI is InChI=1S/C71H48N4/c1-3-15-60-56(37-35-54(58(60)13-1)46-25-31-52(32-26-46)74-68-21-9-5-17-62(68)63-18-6-10-22-69(63)74)48-29-39-66-50(41-48)43-72-45-73(66)44-51-42-49(30-40-67(51)72)57-38-36-55(59-14-2-4-16-61(57)59)47-27-33-53(34-28-47)75-70-23-11-7-19-64(70)65-20-8-12-24-71(65)75/h1-42H,43-45H2. The lowest BCUT2D eigenvalue weighted by atomic mass is 9.90. The number of hydrogen-bond donors (Lipinski definition) is 0. The van der Waals surface area contributed by atoms with Crippen molar-refractivity contribution in [3.05, 3.63) is 266 Å². The molecule has 0 unspecified atom stereocenters. The monoisotopic (exact) mass is 956 g/mol. The maximum absolute atomic E-state index is 2.56. The van der Waals surface area contributed by atoms with Gasteiger partial charge in [-0.1, -0.05) is 182 Å². The molecule has 0 spiro atoms. The zero-order valence-electron chi connectivity index (χ0n) is 41.2. The molecule has 75 heavy (non-hydrogen) atoms. The van der Waals surface area contributed by atoms with E-state index in [9.17, 15) is 0 Å². The summed E-state index contributed by atoms with van der Waals surface area (Å²) in [6, 6.07) is 94.6. The Balaban J connectivity index is 0.685. The number of para-hydroxylation sites is 4. The van der Waals surface area contributed by atoms with Gasteiger partial charge in [-0.15, -0.1) is 0 Å². The van der Waals surface area contributed by atoms with Crippen LogP contribution in [0.1, 0.15) is 11.1 Å². The van der Waals surface area contributed by atoms with Crippen LogP contribution in [0.4, 0.5) is 11.4 Å². The highest BCUT2D eigenvalue weighted by molar-refractivity contribution is 6.11. The molecular formula is C71H48N4. The van der Waals surface area contributed by atoms with Gasteiger partial charge in [-0.25, -0.2) is 0 Å². The van der Waals surface area contributed by atoms with Crippen LogP contribution in [0.5, 0.6) is 0 Å². The van der Waals surface area contributed by atoms with Crippen molar-refractivity contribution in [3.63, 3.8) is 0 Å². The summed E-state index contributed by atoms with van der Waals surface area (Å²) < 4.78 is 4.78. The molecule has 12 aromatic carbocycles. The van der Waals surface area contributed by atoms with Crippen LogP contribution in [-0.2, 0) is 13.1 Å². The van der Waals surface area contributed by atoms with Gasteiger partial charge < -0.3 is 18.9 Å². The second kappa shape index (κ2) is 16.4. The molecule has 2 aliphatic rings. The number of aromatic nitrogens is 2. The number of fused-ring (bicyclic) bond motifs is 14. The van der Waals surface area contributed by atoms with E-state index in [4.69, 9.17) is 0 Å². The number of anilines is 2. The Hall–Kier alpha value is -9.64. The van der Waals surface area contributed by atoms with Crippen molar-refractivity contribution >= 4 is 76.5 Å². The fourth-order valence-corrected chi connectivity index (χ4v) is 13.0. The molecule has 0 fully saturated rings. The van der Waals surface area contributed by atoms with Gasteiger partial charge in [-0.05, 0) is 150 Å². The number of benzene rings is 12. The Labute approximate surface area is 434 Å². The molecule has 0 amide bonds. The largest absolute Gasteiger partial charge is 0.349 e. The molecule has 0 N–H and O–H groups in total. The zero-order chi connectivity index (χ0) is 49.1. The van der Waals surface area contributed by atoms with E-state index in [0.717, 1.165) is 19.8 Å². The first-order valence-electron chi connectivity index (χ1n) is 26.2. The molecule has 0 saturated heterocycles. The molecule has 2 aliphatic heterocycles. The van der Waals surface area contributed by atoms with Gasteiger partial charge in [0.05, 0.1) is 28.7 Å². The van der Waals surface area contributed by atoms with Gasteiger partial charge in [0.1, 0.15) is 0 Å². The highest BCUT2D eigenvalue weighted by Crippen LogP contribution is 2.45. The summed E-state index contributed by atoms with van der Waals surface area (Å²) in [5.74, 6) is 0. The Bertz CT molecular complexity index is 4230. The molecule has 0 saturated carbocycles. The second-order valence-corrected chi connectivity index (χ2v) is 20.5. The van der Waals surface area contributed by atoms with Gasteiger partial charge >= 0.3 is 0 Å². The van der Waals surface area contributed by atoms with Crippen molar-refractivity contribution in [1.82, 2.24) is 9.13 Å². The van der Waals surface area contributed by atoms with E-state index in [2.05, 4.69) is 274 Å². The summed E-state index contributed by atoms with van der Waals surface area (Å²) in [6.07, 6.45) is 0. The van der Waals surface area contributed by atoms with E-state index in [1.54, 1.807) is 0 Å². The van der Waals surface area contributed by atoms with Gasteiger partial charge in [0.2, 0.25) is 0 Å². The molecule has 0 atom stereocenters. The number of rotatable bonds is 6. The van der Waals surface area contributed by atoms with Crippen LogP contribution in [-0.4, -0.2) is 15.8 Å². The zero-order valence-corrected chi connectivity index (χ0v) is 41.2. The Kier molecular flexibility index (Phi) is 9.19. The van der Waals surface area contributed by atoms with E-state index in [1.165, 1.54) is 144 Å². The molecule has 2 aromatic heterocycles. The van der Waals surface area contributed by atoms with Crippen LogP contribution in [0.3, 0.4) is 0 Å². The molecule has 4 heteroatoms. The van der Waals surface area contributed by atoms with Crippen LogP contribution >= 0.6 is 0 Å². The van der Waals surface area contributed by atoms with Crippen LogP contribution < -0.4 is 9.80 Å². The number of hydrogen-bond acceptors (Lipinski definition) is 2. The fourth-order valence-electron chi connectivity index (χ4n) is 13.0. The van der Waals surface area contributed by atoms with Crippen molar-refractivity contribution in [1.29, 1.82) is 0 Å². The highest BCUT2D eigenvalue weighted by atomic mass is 15.4. The third kappa shape index (κ3) is 6.49. The summed E-state index contributed by atoms with van der Waals surface area (Å²) >= 11 is 0. The van der Waals surface area contributed by atoms with Crippen LogP contribution in [0.2, 0.25) is 0 Å². The van der Waals surface area contributed by atoms with E-state index in [0.29, 0.717) is 0 Å². The minimum absolute atomic E-state index is 0.869. The maximum Gasteiger partial charge on any atom is 0.0910 e. The summed E-state index contributed by atoms with van der Waals surface area (Å²) in [5, 5.41) is 10.2. The molecule has 14 aromatic rings. The van der Waals surface area contributed by atoms with Gasteiger partial charge in [-0.3, -0.25) is 0 Å². The average Bonchev–Trinajstić information content (AvgIpc) is 4.02. The van der Waals surface area contributed by atoms with Crippen LogP contribution in [0.25, 0.3) is 121 Å². The average molecular weight is 957 g/mol. The predicted molar refractivity (Wildman–Crippen MR) is 316 cm³/mol. The van der Waals surface area contributed by atoms with Crippen molar-refractivity contribution in [2.24, 2.45) is 0 Å². The summed E-state index contributed by atoms with van der Waals surface area (Å²) in [4.78, 5) is 5.12. The second-order valence-electron chi connectivity index (χ2n) is 20.5. The van der Waals surface area contributed by atoms with Crippen molar-refractivity contribution < 1.29 is 0 Å². The van der Waals surface area contributed by atoms with Crippen molar-refractivity contribution in [2.45, 2.75) is 13.1 Å². The molecule has 2 bridgehead atoms. The van der Waals surface area contributed by atoms with Crippen LogP contribution in [0, 0.1) is 0 Å². The Morgan fingerprint density at radius 2 is 0.520 bits per heavy atom. The predicted octanol–water partition coefficient (Wildman–Crippen LogP) is 18.2. The Morgan fingerprint density at radius 3 is 0.853 bits per heavy atom. The van der Waals surface area contributed by atoms with Crippen molar-refractivity contribution in [3.8, 4) is 55.9 Å². The molecule has 16 rings (SSSR count). The quantitative estimate of drug-likeness (QED) is 0.165. The first-order chi connectivity index (χ1) is 37.2. The molecular weight excluding hydrogens is 909 g/mol. The lowest BCUT2D eigenvalue weighted by Gasteiger charge is -2.45. The lowest BCUT2D eigenvalue weighted by molar-refractivity contribution is 0.651. The summed E-state index contributed by atoms with van der Waals surface area (Å²) in [7, 11) is 0. The topological polar surface area (TPSA) is 16.3 Å². The number of nitrogens with zero attached hydrogens (tertiary/aromatic N) is 4. The Morgan fingerprint density at radius 1 is 0.240 bits per heavy atom. The molecule has 4 heterocycles. The van der Waals surface area contributed by atoms with E-state index >= 15 is 0 Å². The fraction of sp³-hybridized carbons (Fsp3) is 0.0423. The van der Waals surface area contributed by atoms with Gasteiger partial charge in [0.25, 0.3) is 0 Å². The SMILES string of the molecule is c1ccc2c(-c3ccc4c(c3)CN3CN4Cc4cc(-c5ccc(-c6ccc(-n7c8ccccc8c8ccccc87)cc6)c6ccccc56)ccc43)ccc(-c3ccc(-n4c5ccccc5c5ccccc54)cc3)c2c1. The first kappa shape index (κ1) is 41.9. The van der Waals surface area contributed by atoms with Crippen LogP contribution in [0.15, 0.2) is 255 Å². The van der Waals surface area contributed by atoms with E-state index in [-0.39, 0.29) is 0 Å². The lowest BCUT2D eigenvalue weighted by Crippen LogP contribution is -2.46.